The number of carbonyl (C=O) groups is 1. The van der Waals surface area contributed by atoms with Crippen molar-refractivity contribution >= 4 is 23.1 Å². The van der Waals surface area contributed by atoms with Gasteiger partial charge in [-0.2, -0.15) is 0 Å². The number of aryl methyl sites for hydroxylation is 1. The van der Waals surface area contributed by atoms with Crippen LogP contribution in [0.15, 0.2) is 30.9 Å². The highest BCUT2D eigenvalue weighted by Crippen LogP contribution is 2.22. The number of nitrogens with one attached hydrogen (secondary N) is 2. The fourth-order valence-electron chi connectivity index (χ4n) is 3.83. The highest BCUT2D eigenvalue weighted by Gasteiger charge is 2.36. The number of fused-ring (bicyclic) bond motifs is 2. The van der Waals surface area contributed by atoms with Crippen molar-refractivity contribution in [2.24, 2.45) is 0 Å². The Balaban J connectivity index is 1.29. The van der Waals surface area contributed by atoms with Crippen LogP contribution in [-0.2, 0) is 4.74 Å². The van der Waals surface area contributed by atoms with E-state index in [1.165, 1.54) is 16.7 Å². The number of amides is 1. The van der Waals surface area contributed by atoms with Crippen molar-refractivity contribution < 1.29 is 13.9 Å². The summed E-state index contributed by atoms with van der Waals surface area (Å²) >= 11 is 0. The summed E-state index contributed by atoms with van der Waals surface area (Å²) in [5.74, 6) is -0.272. The van der Waals surface area contributed by atoms with E-state index < -0.39 is 11.7 Å². The van der Waals surface area contributed by atoms with E-state index in [-0.39, 0.29) is 23.5 Å². The first kappa shape index (κ1) is 18.0. The number of carbonyl (C=O) groups excluding carboxylic acids is 1. The predicted molar refractivity (Wildman–Crippen MR) is 104 cm³/mol. The molecule has 2 N–H and O–H groups in total. The van der Waals surface area contributed by atoms with E-state index in [1.54, 1.807) is 25.5 Å². The maximum absolute atomic E-state index is 14.2. The van der Waals surface area contributed by atoms with E-state index in [9.17, 15) is 9.18 Å². The molecule has 2 aliphatic rings. The first-order valence-corrected chi connectivity index (χ1v) is 9.45. The molecule has 3 aromatic rings. The SMILES string of the molecule is Cc1cn2cc(NC(=O)c3cnc(N4C[C@H]5NCCO[C@@H]5C4)cn3)cc(F)c2n1. The van der Waals surface area contributed by atoms with Crippen LogP contribution in [0, 0.1) is 12.7 Å². The number of rotatable bonds is 3. The zero-order valence-corrected chi connectivity index (χ0v) is 15.8. The topological polar surface area (TPSA) is 96.7 Å². The molecule has 5 rings (SSSR count). The van der Waals surface area contributed by atoms with Crippen LogP contribution in [0.5, 0.6) is 0 Å². The molecular formula is C19H20FN7O2. The summed E-state index contributed by atoms with van der Waals surface area (Å²) in [4.78, 5) is 27.3. The standard InChI is InChI=1S/C19H20FN7O2/c1-11-7-27-8-12(4-13(20)18(27)24-11)25-19(28)14-5-23-17(6-22-14)26-9-15-16(10-26)29-3-2-21-15/h4-8,15-16,21H,2-3,9-10H2,1H3,(H,25,28)/t15-,16-/m1/s1. The zero-order valence-electron chi connectivity index (χ0n) is 15.8. The van der Waals surface area contributed by atoms with Crippen LogP contribution in [0.25, 0.3) is 5.65 Å². The molecule has 3 aromatic heterocycles. The summed E-state index contributed by atoms with van der Waals surface area (Å²) in [5.41, 5.74) is 1.38. The lowest BCUT2D eigenvalue weighted by molar-refractivity contribution is 0.0212. The summed E-state index contributed by atoms with van der Waals surface area (Å²) in [5, 5.41) is 6.10. The molecule has 2 atom stereocenters. The minimum absolute atomic E-state index is 0.144. The van der Waals surface area contributed by atoms with E-state index in [0.717, 1.165) is 19.6 Å². The summed E-state index contributed by atoms with van der Waals surface area (Å²) in [7, 11) is 0. The predicted octanol–water partition coefficient (Wildman–Crippen LogP) is 1.00. The molecule has 0 aromatic carbocycles. The van der Waals surface area contributed by atoms with E-state index in [0.29, 0.717) is 23.8 Å². The van der Waals surface area contributed by atoms with Gasteiger partial charge in [-0.15, -0.1) is 0 Å². The lowest BCUT2D eigenvalue weighted by atomic mass is 10.2. The third-order valence-electron chi connectivity index (χ3n) is 5.19. The zero-order chi connectivity index (χ0) is 20.0. The van der Waals surface area contributed by atoms with Crippen LogP contribution in [-0.4, -0.2) is 63.6 Å². The van der Waals surface area contributed by atoms with Crippen molar-refractivity contribution in [2.75, 3.05) is 36.5 Å². The number of aromatic nitrogens is 4. The second-order valence-corrected chi connectivity index (χ2v) is 7.28. The normalized spacial score (nSPS) is 21.4. The van der Waals surface area contributed by atoms with Crippen molar-refractivity contribution in [3.63, 3.8) is 0 Å². The molecule has 2 aliphatic heterocycles. The van der Waals surface area contributed by atoms with Gasteiger partial charge in [0.2, 0.25) is 0 Å². The van der Waals surface area contributed by atoms with Gasteiger partial charge in [-0.3, -0.25) is 4.79 Å². The molecule has 2 saturated heterocycles. The van der Waals surface area contributed by atoms with E-state index >= 15 is 0 Å². The van der Waals surface area contributed by atoms with Crippen LogP contribution in [0.2, 0.25) is 0 Å². The van der Waals surface area contributed by atoms with Gasteiger partial charge < -0.3 is 24.7 Å². The van der Waals surface area contributed by atoms with Crippen molar-refractivity contribution in [3.05, 3.63) is 48.1 Å². The van der Waals surface area contributed by atoms with Crippen molar-refractivity contribution in [1.82, 2.24) is 24.7 Å². The minimum Gasteiger partial charge on any atom is -0.373 e. The lowest BCUT2D eigenvalue weighted by Gasteiger charge is -2.25. The van der Waals surface area contributed by atoms with Crippen LogP contribution in [0.3, 0.4) is 0 Å². The first-order chi connectivity index (χ1) is 14.1. The van der Waals surface area contributed by atoms with Gasteiger partial charge in [0, 0.05) is 38.1 Å². The van der Waals surface area contributed by atoms with Crippen molar-refractivity contribution in [2.45, 2.75) is 19.1 Å². The number of ether oxygens (including phenoxy) is 1. The largest absolute Gasteiger partial charge is 0.373 e. The summed E-state index contributed by atoms with van der Waals surface area (Å²) in [6.07, 6.45) is 6.45. The number of morpholine rings is 1. The number of hydrogen-bond acceptors (Lipinski definition) is 7. The fraction of sp³-hybridized carbons (Fsp3) is 0.368. The smallest absolute Gasteiger partial charge is 0.275 e. The van der Waals surface area contributed by atoms with Gasteiger partial charge in [0.25, 0.3) is 5.91 Å². The molecular weight excluding hydrogens is 377 g/mol. The Morgan fingerprint density at radius 2 is 2.21 bits per heavy atom. The average molecular weight is 397 g/mol. The molecule has 0 spiro atoms. The Morgan fingerprint density at radius 1 is 1.31 bits per heavy atom. The Hall–Kier alpha value is -3.11. The Labute approximate surface area is 165 Å². The second kappa shape index (κ2) is 7.05. The maximum atomic E-state index is 14.2. The third kappa shape index (κ3) is 3.40. The minimum atomic E-state index is -0.510. The third-order valence-corrected chi connectivity index (χ3v) is 5.19. The number of halogens is 1. The molecule has 0 unspecified atom stereocenters. The highest BCUT2D eigenvalue weighted by molar-refractivity contribution is 6.02. The second-order valence-electron chi connectivity index (χ2n) is 7.28. The number of nitrogens with zero attached hydrogens (tertiary/aromatic N) is 5. The maximum Gasteiger partial charge on any atom is 0.275 e. The van der Waals surface area contributed by atoms with Crippen molar-refractivity contribution in [3.8, 4) is 0 Å². The molecule has 0 bridgehead atoms. The van der Waals surface area contributed by atoms with Crippen LogP contribution < -0.4 is 15.5 Å². The monoisotopic (exact) mass is 397 g/mol. The van der Waals surface area contributed by atoms with Gasteiger partial charge in [0.05, 0.1) is 42.5 Å². The van der Waals surface area contributed by atoms with E-state index in [2.05, 4.69) is 30.5 Å². The highest BCUT2D eigenvalue weighted by atomic mass is 19.1. The van der Waals surface area contributed by atoms with E-state index in [1.807, 2.05) is 0 Å². The molecule has 10 heteroatoms. The molecule has 1 amide bonds. The molecule has 29 heavy (non-hydrogen) atoms. The van der Waals surface area contributed by atoms with Gasteiger partial charge in [-0.25, -0.2) is 19.3 Å². The number of anilines is 2. The Bertz CT molecular complexity index is 1050. The fourth-order valence-corrected chi connectivity index (χ4v) is 3.83. The molecule has 0 aliphatic carbocycles. The van der Waals surface area contributed by atoms with E-state index in [4.69, 9.17) is 4.74 Å². The van der Waals surface area contributed by atoms with Gasteiger partial charge in [0.15, 0.2) is 11.5 Å². The number of imidazole rings is 1. The molecule has 2 fully saturated rings. The first-order valence-electron chi connectivity index (χ1n) is 9.45. The summed E-state index contributed by atoms with van der Waals surface area (Å²) in [6, 6.07) is 1.52. The van der Waals surface area contributed by atoms with Crippen molar-refractivity contribution in [1.29, 1.82) is 0 Å². The lowest BCUT2D eigenvalue weighted by Crippen LogP contribution is -2.47. The quantitative estimate of drug-likeness (QED) is 0.681. The Morgan fingerprint density at radius 3 is 3.00 bits per heavy atom. The number of pyridine rings is 1. The molecule has 5 heterocycles. The summed E-state index contributed by atoms with van der Waals surface area (Å²) < 4.78 is 21.5. The average Bonchev–Trinajstić information content (AvgIpc) is 3.31. The van der Waals surface area contributed by atoms with Gasteiger partial charge in [-0.1, -0.05) is 0 Å². The van der Waals surface area contributed by atoms with Crippen LogP contribution in [0.1, 0.15) is 16.2 Å². The Kier molecular flexibility index (Phi) is 4.36. The van der Waals surface area contributed by atoms with Gasteiger partial charge in [0.1, 0.15) is 11.5 Å². The van der Waals surface area contributed by atoms with Gasteiger partial charge >= 0.3 is 0 Å². The molecule has 0 saturated carbocycles. The molecule has 0 radical (unpaired) electrons. The summed E-state index contributed by atoms with van der Waals surface area (Å²) in [6.45, 7) is 4.87. The van der Waals surface area contributed by atoms with Crippen LogP contribution >= 0.6 is 0 Å². The molecule has 150 valence electrons. The number of hydrogen-bond donors (Lipinski definition) is 2. The van der Waals surface area contributed by atoms with Crippen LogP contribution in [0.4, 0.5) is 15.9 Å². The molecule has 9 nitrogen and oxygen atoms in total. The van der Waals surface area contributed by atoms with Gasteiger partial charge in [-0.05, 0) is 6.92 Å².